The molecule has 0 atom stereocenters. The number of nitrogens with zero attached hydrogens (tertiary/aromatic N) is 2. The monoisotopic (exact) mass is 477 g/mol. The molecule has 10 heteroatoms. The Hall–Kier alpha value is -3.30. The van der Waals surface area contributed by atoms with Gasteiger partial charge in [0.2, 0.25) is 6.43 Å². The Morgan fingerprint density at radius 3 is 2.38 bits per heavy atom. The smallest absolute Gasteiger partial charge is 0.281 e. The first kappa shape index (κ1) is 23.8. The molecule has 2 heterocycles. The molecule has 1 aromatic carbocycles. The van der Waals surface area contributed by atoms with Crippen LogP contribution in [-0.4, -0.2) is 40.3 Å². The van der Waals surface area contributed by atoms with Crippen molar-refractivity contribution in [3.05, 3.63) is 59.9 Å². The standard InChI is InChI=1S/C24H27F4N5O/c25-20(26)12-13-29-16-6-4-15(5-7-16)24(34)31-18-10-8-17(9-11-18)30-21-2-1-3-22-32-19(23(27)28)14-33(21)22/h1-7,14,17-18,20,23,29-30H,8-13H2,(H,31,34). The van der Waals surface area contributed by atoms with E-state index >= 15 is 0 Å². The van der Waals surface area contributed by atoms with Gasteiger partial charge in [-0.3, -0.25) is 9.20 Å². The minimum atomic E-state index is -2.62. The summed E-state index contributed by atoms with van der Waals surface area (Å²) in [5.74, 6) is 0.546. The summed E-state index contributed by atoms with van der Waals surface area (Å²) in [6.07, 6.45) is -0.611. The highest BCUT2D eigenvalue weighted by molar-refractivity contribution is 5.94. The lowest BCUT2D eigenvalue weighted by atomic mass is 9.91. The normalized spacial score (nSPS) is 18.4. The third kappa shape index (κ3) is 5.98. The van der Waals surface area contributed by atoms with E-state index in [0.717, 1.165) is 25.7 Å². The molecule has 6 nitrogen and oxygen atoms in total. The predicted octanol–water partition coefficient (Wildman–Crippen LogP) is 5.49. The van der Waals surface area contributed by atoms with Crippen LogP contribution >= 0.6 is 0 Å². The Labute approximate surface area is 194 Å². The maximum atomic E-state index is 13.0. The third-order valence-electron chi connectivity index (χ3n) is 5.99. The van der Waals surface area contributed by atoms with Crippen molar-refractivity contribution in [1.29, 1.82) is 0 Å². The third-order valence-corrected chi connectivity index (χ3v) is 5.99. The zero-order chi connectivity index (χ0) is 24.1. The molecular weight excluding hydrogens is 450 g/mol. The number of hydrogen-bond acceptors (Lipinski definition) is 4. The number of pyridine rings is 1. The maximum absolute atomic E-state index is 13.0. The summed E-state index contributed by atoms with van der Waals surface area (Å²) in [5, 5.41) is 9.39. The highest BCUT2D eigenvalue weighted by atomic mass is 19.3. The Bertz CT molecular complexity index is 1090. The van der Waals surface area contributed by atoms with Gasteiger partial charge in [-0.2, -0.15) is 0 Å². The van der Waals surface area contributed by atoms with Crippen LogP contribution in [0.5, 0.6) is 0 Å². The van der Waals surface area contributed by atoms with E-state index in [9.17, 15) is 22.4 Å². The van der Waals surface area contributed by atoms with Gasteiger partial charge in [0.15, 0.2) is 0 Å². The van der Waals surface area contributed by atoms with E-state index in [-0.39, 0.29) is 36.7 Å². The topological polar surface area (TPSA) is 70.5 Å². The largest absolute Gasteiger partial charge is 0.385 e. The number of carbonyl (C=O) groups excluding carboxylic acids is 1. The van der Waals surface area contributed by atoms with Crippen LogP contribution in [0.4, 0.5) is 29.1 Å². The van der Waals surface area contributed by atoms with Crippen LogP contribution in [0.25, 0.3) is 5.65 Å². The van der Waals surface area contributed by atoms with Crippen molar-refractivity contribution in [3.63, 3.8) is 0 Å². The number of aromatic nitrogens is 2. The molecule has 0 radical (unpaired) electrons. The second kappa shape index (κ2) is 10.8. The highest BCUT2D eigenvalue weighted by Gasteiger charge is 2.23. The lowest BCUT2D eigenvalue weighted by Gasteiger charge is -2.30. The van der Waals surface area contributed by atoms with Gasteiger partial charge in [0.25, 0.3) is 12.3 Å². The molecule has 0 saturated heterocycles. The molecule has 0 unspecified atom stereocenters. The molecule has 0 spiro atoms. The lowest BCUT2D eigenvalue weighted by molar-refractivity contribution is 0.0926. The number of hydrogen-bond donors (Lipinski definition) is 3. The second-order valence-corrected chi connectivity index (χ2v) is 8.46. The van der Waals surface area contributed by atoms with E-state index < -0.39 is 12.9 Å². The average molecular weight is 478 g/mol. The van der Waals surface area contributed by atoms with Crippen LogP contribution in [0, 0.1) is 0 Å². The number of nitrogens with one attached hydrogen (secondary N) is 3. The highest BCUT2D eigenvalue weighted by Crippen LogP contribution is 2.25. The van der Waals surface area contributed by atoms with Crippen molar-refractivity contribution in [1.82, 2.24) is 14.7 Å². The van der Waals surface area contributed by atoms with Gasteiger partial charge in [0.1, 0.15) is 17.2 Å². The maximum Gasteiger partial charge on any atom is 0.281 e. The first-order chi connectivity index (χ1) is 16.4. The molecule has 4 rings (SSSR count). The summed E-state index contributed by atoms with van der Waals surface area (Å²) < 4.78 is 52.1. The van der Waals surface area contributed by atoms with E-state index in [0.29, 0.717) is 22.7 Å². The van der Waals surface area contributed by atoms with E-state index in [1.54, 1.807) is 40.8 Å². The number of amides is 1. The van der Waals surface area contributed by atoms with Crippen molar-refractivity contribution in [2.24, 2.45) is 0 Å². The summed E-state index contributed by atoms with van der Waals surface area (Å²) in [6.45, 7) is 0.170. The first-order valence-electron chi connectivity index (χ1n) is 11.3. The molecule has 182 valence electrons. The summed E-state index contributed by atoms with van der Waals surface area (Å²) in [4.78, 5) is 16.5. The molecule has 1 amide bonds. The Kier molecular flexibility index (Phi) is 7.54. The van der Waals surface area contributed by atoms with Gasteiger partial charge >= 0.3 is 0 Å². The number of alkyl halides is 4. The minimum Gasteiger partial charge on any atom is -0.385 e. The number of fused-ring (bicyclic) bond motifs is 1. The molecule has 1 aliphatic carbocycles. The zero-order valence-corrected chi connectivity index (χ0v) is 18.5. The van der Waals surface area contributed by atoms with Crippen molar-refractivity contribution in [3.8, 4) is 0 Å². The Balaban J connectivity index is 1.26. The van der Waals surface area contributed by atoms with Crippen molar-refractivity contribution < 1.29 is 22.4 Å². The molecular formula is C24H27F4N5O. The lowest BCUT2D eigenvalue weighted by Crippen LogP contribution is -2.40. The summed E-state index contributed by atoms with van der Waals surface area (Å²) >= 11 is 0. The fourth-order valence-electron chi connectivity index (χ4n) is 4.18. The number of anilines is 2. The molecule has 1 aliphatic rings. The molecule has 0 aliphatic heterocycles. The Morgan fingerprint density at radius 1 is 1.00 bits per heavy atom. The van der Waals surface area contributed by atoms with Gasteiger partial charge in [-0.15, -0.1) is 0 Å². The molecule has 3 N–H and O–H groups in total. The van der Waals surface area contributed by atoms with E-state index in [4.69, 9.17) is 0 Å². The van der Waals surface area contributed by atoms with E-state index in [1.807, 2.05) is 6.07 Å². The minimum absolute atomic E-state index is 0.0452. The van der Waals surface area contributed by atoms with Gasteiger partial charge < -0.3 is 16.0 Å². The van der Waals surface area contributed by atoms with Crippen LogP contribution < -0.4 is 16.0 Å². The molecule has 2 aromatic heterocycles. The van der Waals surface area contributed by atoms with Gasteiger partial charge in [0.05, 0.1) is 0 Å². The van der Waals surface area contributed by atoms with Gasteiger partial charge in [-0.25, -0.2) is 22.5 Å². The van der Waals surface area contributed by atoms with Crippen LogP contribution in [0.1, 0.15) is 54.6 Å². The number of halogens is 4. The van der Waals surface area contributed by atoms with E-state index in [2.05, 4.69) is 20.9 Å². The van der Waals surface area contributed by atoms with Crippen LogP contribution in [-0.2, 0) is 0 Å². The zero-order valence-electron chi connectivity index (χ0n) is 18.5. The van der Waals surface area contributed by atoms with Crippen molar-refractivity contribution in [2.75, 3.05) is 17.2 Å². The number of carbonyl (C=O) groups is 1. The van der Waals surface area contributed by atoms with Crippen molar-refractivity contribution in [2.45, 2.75) is 57.0 Å². The second-order valence-electron chi connectivity index (χ2n) is 8.46. The molecule has 34 heavy (non-hydrogen) atoms. The Morgan fingerprint density at radius 2 is 1.71 bits per heavy atom. The first-order valence-corrected chi connectivity index (χ1v) is 11.3. The SMILES string of the molecule is O=C(NC1CCC(Nc2cccc3nc(C(F)F)cn23)CC1)c1ccc(NCCC(F)F)cc1. The predicted molar refractivity (Wildman–Crippen MR) is 123 cm³/mol. The number of rotatable bonds is 9. The van der Waals surface area contributed by atoms with Crippen LogP contribution in [0.3, 0.4) is 0 Å². The summed E-state index contributed by atoms with van der Waals surface area (Å²) in [6, 6.07) is 12.3. The molecule has 1 saturated carbocycles. The van der Waals surface area contributed by atoms with Crippen LogP contribution in [0.2, 0.25) is 0 Å². The number of imidazole rings is 1. The number of benzene rings is 1. The fraction of sp³-hybridized carbons (Fsp3) is 0.417. The molecule has 1 fully saturated rings. The van der Waals surface area contributed by atoms with Crippen LogP contribution in [0.15, 0.2) is 48.7 Å². The summed E-state index contributed by atoms with van der Waals surface area (Å²) in [7, 11) is 0. The van der Waals surface area contributed by atoms with E-state index in [1.165, 1.54) is 6.20 Å². The molecule has 0 bridgehead atoms. The summed E-state index contributed by atoms with van der Waals surface area (Å²) in [5.41, 5.74) is 1.42. The van der Waals surface area contributed by atoms with Crippen molar-refractivity contribution >= 4 is 23.1 Å². The van der Waals surface area contributed by atoms with Gasteiger partial charge in [-0.05, 0) is 62.1 Å². The van der Waals surface area contributed by atoms with Gasteiger partial charge in [-0.1, -0.05) is 6.07 Å². The molecule has 3 aromatic rings. The fourth-order valence-corrected chi connectivity index (χ4v) is 4.18. The quantitative estimate of drug-likeness (QED) is 0.357. The average Bonchev–Trinajstić information content (AvgIpc) is 3.26. The van der Waals surface area contributed by atoms with Gasteiger partial charge in [0, 0.05) is 42.5 Å².